The predicted octanol–water partition coefficient (Wildman–Crippen LogP) is 5.23. The van der Waals surface area contributed by atoms with Gasteiger partial charge in [-0.25, -0.2) is 0 Å². The maximum Gasteiger partial charge on any atom is 0.163 e. The van der Waals surface area contributed by atoms with Gasteiger partial charge in [-0.1, -0.05) is 26.0 Å². The van der Waals surface area contributed by atoms with E-state index < -0.39 is 0 Å². The third-order valence-corrected chi connectivity index (χ3v) is 5.71. The van der Waals surface area contributed by atoms with Crippen molar-refractivity contribution in [2.24, 2.45) is 5.41 Å². The molecule has 152 valence electrons. The third kappa shape index (κ3) is 3.57. The number of anilines is 2. The zero-order chi connectivity index (χ0) is 20.8. The largest absolute Gasteiger partial charge is 0.493 e. The highest BCUT2D eigenvalue weighted by Crippen LogP contribution is 2.46. The highest BCUT2D eigenvalue weighted by molar-refractivity contribution is 6.01. The summed E-state index contributed by atoms with van der Waals surface area (Å²) >= 11 is 0. The second-order valence-electron chi connectivity index (χ2n) is 8.70. The predicted molar refractivity (Wildman–Crippen MR) is 116 cm³/mol. The first-order chi connectivity index (χ1) is 13.8. The Morgan fingerprint density at radius 1 is 0.966 bits per heavy atom. The molecule has 4 rings (SSSR count). The normalized spacial score (nSPS) is 20.0. The van der Waals surface area contributed by atoms with E-state index in [1.165, 1.54) is 0 Å². The van der Waals surface area contributed by atoms with Gasteiger partial charge in [0.05, 0.1) is 31.6 Å². The van der Waals surface area contributed by atoms with Crippen LogP contribution in [0.4, 0.5) is 11.4 Å². The summed E-state index contributed by atoms with van der Waals surface area (Å²) in [6, 6.07) is 11.9. The van der Waals surface area contributed by atoms with Crippen LogP contribution < -0.4 is 20.1 Å². The fourth-order valence-corrected chi connectivity index (χ4v) is 4.34. The van der Waals surface area contributed by atoms with Crippen LogP contribution in [-0.2, 0) is 4.79 Å². The molecule has 5 nitrogen and oxygen atoms in total. The number of nitrogens with one attached hydrogen (secondary N) is 2. The number of allylic oxidation sites excluding steroid dienone is 1. The molecule has 0 saturated heterocycles. The zero-order valence-electron chi connectivity index (χ0n) is 17.7. The summed E-state index contributed by atoms with van der Waals surface area (Å²) in [7, 11) is 3.25. The van der Waals surface area contributed by atoms with Crippen molar-refractivity contribution in [1.82, 2.24) is 0 Å². The number of Topliss-reactive ketones (excluding diaryl/α,β-unsaturated/α-hetero) is 1. The second kappa shape index (κ2) is 7.14. The molecule has 0 fully saturated rings. The molecule has 1 aliphatic carbocycles. The van der Waals surface area contributed by atoms with Gasteiger partial charge in [0.1, 0.15) is 0 Å². The van der Waals surface area contributed by atoms with Gasteiger partial charge in [-0.3, -0.25) is 4.79 Å². The lowest BCUT2D eigenvalue weighted by Crippen LogP contribution is -2.31. The van der Waals surface area contributed by atoms with Gasteiger partial charge in [0, 0.05) is 17.7 Å². The van der Waals surface area contributed by atoms with E-state index in [4.69, 9.17) is 9.47 Å². The Labute approximate surface area is 172 Å². The Morgan fingerprint density at radius 2 is 1.72 bits per heavy atom. The van der Waals surface area contributed by atoms with Crippen molar-refractivity contribution in [3.05, 3.63) is 58.8 Å². The molecule has 29 heavy (non-hydrogen) atoms. The number of hydrogen-bond acceptors (Lipinski definition) is 5. The molecule has 0 bridgehead atoms. The lowest BCUT2D eigenvalue weighted by atomic mass is 9.73. The molecule has 0 amide bonds. The molecule has 2 aliphatic rings. The number of rotatable bonds is 3. The minimum Gasteiger partial charge on any atom is -0.493 e. The van der Waals surface area contributed by atoms with Crippen LogP contribution in [0.5, 0.6) is 11.5 Å². The highest BCUT2D eigenvalue weighted by Gasteiger charge is 2.38. The van der Waals surface area contributed by atoms with Gasteiger partial charge in [-0.15, -0.1) is 0 Å². The number of fused-ring (bicyclic) bond motifs is 1. The molecule has 1 heterocycles. The van der Waals surface area contributed by atoms with Gasteiger partial charge in [0.25, 0.3) is 0 Å². The second-order valence-corrected chi connectivity index (χ2v) is 8.70. The van der Waals surface area contributed by atoms with E-state index >= 15 is 0 Å². The van der Waals surface area contributed by atoms with Crippen LogP contribution in [0, 0.1) is 12.3 Å². The van der Waals surface area contributed by atoms with E-state index in [0.717, 1.165) is 40.2 Å². The Morgan fingerprint density at radius 3 is 2.45 bits per heavy atom. The Balaban J connectivity index is 1.89. The van der Waals surface area contributed by atoms with E-state index in [-0.39, 0.29) is 17.2 Å². The summed E-state index contributed by atoms with van der Waals surface area (Å²) in [5.74, 6) is 1.50. The molecule has 1 unspecified atom stereocenters. The van der Waals surface area contributed by atoms with Crippen LogP contribution in [0.2, 0.25) is 0 Å². The van der Waals surface area contributed by atoms with E-state index in [0.29, 0.717) is 17.9 Å². The van der Waals surface area contributed by atoms with Gasteiger partial charge in [0.15, 0.2) is 17.3 Å². The van der Waals surface area contributed by atoms with Crippen molar-refractivity contribution in [3.8, 4) is 11.5 Å². The molecule has 0 spiro atoms. The van der Waals surface area contributed by atoms with Crippen molar-refractivity contribution in [2.75, 3.05) is 24.9 Å². The van der Waals surface area contributed by atoms with Gasteiger partial charge >= 0.3 is 0 Å². The first-order valence-corrected chi connectivity index (χ1v) is 9.94. The van der Waals surface area contributed by atoms with Crippen LogP contribution in [0.3, 0.4) is 0 Å². The maximum atomic E-state index is 13.3. The summed E-state index contributed by atoms with van der Waals surface area (Å²) in [5, 5.41) is 7.19. The molecule has 0 aromatic heterocycles. The number of hydrogen-bond donors (Lipinski definition) is 2. The number of carbonyl (C=O) groups excluding carboxylic acids is 1. The Bertz CT molecular complexity index is 1010. The van der Waals surface area contributed by atoms with Crippen molar-refractivity contribution >= 4 is 17.2 Å². The summed E-state index contributed by atoms with van der Waals surface area (Å²) in [6.45, 7) is 6.37. The van der Waals surface area contributed by atoms with E-state index in [1.807, 2.05) is 18.2 Å². The molecule has 0 radical (unpaired) electrons. The van der Waals surface area contributed by atoms with Crippen molar-refractivity contribution < 1.29 is 14.3 Å². The molecule has 2 aromatic rings. The van der Waals surface area contributed by atoms with Crippen LogP contribution in [-0.4, -0.2) is 20.0 Å². The van der Waals surface area contributed by atoms with Crippen LogP contribution in [0.1, 0.15) is 43.9 Å². The van der Waals surface area contributed by atoms with Crippen LogP contribution in [0.15, 0.2) is 47.7 Å². The molecule has 1 atom stereocenters. The fraction of sp³-hybridized carbons (Fsp3) is 0.375. The Kier molecular flexibility index (Phi) is 4.77. The standard InChI is InChI=1S/C24H28N2O3/c1-14-6-8-16-17(10-14)26-23(15-7-9-20(28-4)21(11-15)29-5)22-18(25-16)12-24(2,3)13-19(22)27/h6-11,23,25-26H,12-13H2,1-5H3. The number of aryl methyl sites for hydroxylation is 1. The molecule has 2 aromatic carbocycles. The SMILES string of the molecule is COc1ccc(C2Nc3cc(C)ccc3NC3=C2C(=O)CC(C)(C)C3)cc1OC. The number of ketones is 1. The molecule has 5 heteroatoms. The van der Waals surface area contributed by atoms with Gasteiger partial charge < -0.3 is 20.1 Å². The summed E-state index contributed by atoms with van der Waals surface area (Å²) in [6.07, 6.45) is 1.36. The average Bonchev–Trinajstić information content (AvgIpc) is 2.82. The minimum absolute atomic E-state index is 0.0692. The number of ether oxygens (including phenoxy) is 2. The smallest absolute Gasteiger partial charge is 0.163 e. The first kappa shape index (κ1) is 19.4. The van der Waals surface area contributed by atoms with Gasteiger partial charge in [-0.05, 0) is 54.2 Å². The van der Waals surface area contributed by atoms with Gasteiger partial charge in [-0.2, -0.15) is 0 Å². The molecule has 2 N–H and O–H groups in total. The van der Waals surface area contributed by atoms with Gasteiger partial charge in [0.2, 0.25) is 0 Å². The summed E-state index contributed by atoms with van der Waals surface area (Å²) in [4.78, 5) is 13.3. The van der Waals surface area contributed by atoms with E-state index in [2.05, 4.69) is 49.6 Å². The molecule has 0 saturated carbocycles. The third-order valence-electron chi connectivity index (χ3n) is 5.71. The van der Waals surface area contributed by atoms with E-state index in [9.17, 15) is 4.79 Å². The van der Waals surface area contributed by atoms with Crippen molar-refractivity contribution in [3.63, 3.8) is 0 Å². The monoisotopic (exact) mass is 392 g/mol. The van der Waals surface area contributed by atoms with Crippen molar-refractivity contribution in [1.29, 1.82) is 0 Å². The number of benzene rings is 2. The quantitative estimate of drug-likeness (QED) is 0.749. The number of methoxy groups -OCH3 is 2. The summed E-state index contributed by atoms with van der Waals surface area (Å²) < 4.78 is 10.9. The van der Waals surface area contributed by atoms with E-state index in [1.54, 1.807) is 14.2 Å². The first-order valence-electron chi connectivity index (χ1n) is 9.94. The lowest BCUT2D eigenvalue weighted by Gasteiger charge is -2.34. The topological polar surface area (TPSA) is 59.6 Å². The van der Waals surface area contributed by atoms with Crippen LogP contribution >= 0.6 is 0 Å². The summed E-state index contributed by atoms with van der Waals surface area (Å²) in [5.41, 5.74) is 5.86. The van der Waals surface area contributed by atoms with Crippen LogP contribution in [0.25, 0.3) is 0 Å². The molecular weight excluding hydrogens is 364 g/mol. The molecule has 1 aliphatic heterocycles. The minimum atomic E-state index is -0.260. The lowest BCUT2D eigenvalue weighted by molar-refractivity contribution is -0.118. The van der Waals surface area contributed by atoms with Crippen molar-refractivity contribution in [2.45, 2.75) is 39.7 Å². The fourth-order valence-electron chi connectivity index (χ4n) is 4.34. The zero-order valence-corrected chi connectivity index (χ0v) is 17.7. The average molecular weight is 392 g/mol. The molecular formula is C24H28N2O3. The Hall–Kier alpha value is -2.95. The highest BCUT2D eigenvalue weighted by atomic mass is 16.5. The maximum absolute atomic E-state index is 13.3. The number of carbonyl (C=O) groups is 1.